The summed E-state index contributed by atoms with van der Waals surface area (Å²) in [5.41, 5.74) is 1.19. The van der Waals surface area contributed by atoms with Crippen LogP contribution in [0.1, 0.15) is 22.8 Å². The zero-order valence-corrected chi connectivity index (χ0v) is 20.9. The molecule has 0 aliphatic heterocycles. The fraction of sp³-hybridized carbons (Fsp3) is 0.107. The third-order valence-corrected chi connectivity index (χ3v) is 9.94. The van der Waals surface area contributed by atoms with E-state index < -0.39 is 7.26 Å². The summed E-state index contributed by atoms with van der Waals surface area (Å²) in [6, 6.07) is 36.4. The number of halogens is 1. The second-order valence-electron chi connectivity index (χ2n) is 7.54. The summed E-state index contributed by atoms with van der Waals surface area (Å²) in [6.45, 7) is 2.10. The minimum atomic E-state index is -2.18. The van der Waals surface area contributed by atoms with Gasteiger partial charge in [-0.15, -0.1) is 0 Å². The lowest BCUT2D eigenvalue weighted by molar-refractivity contribution is -0.0000252. The minimum Gasteiger partial charge on any atom is -1.00 e. The van der Waals surface area contributed by atoms with Crippen molar-refractivity contribution in [2.24, 2.45) is 0 Å². The summed E-state index contributed by atoms with van der Waals surface area (Å²) < 4.78 is 5.20. The highest BCUT2D eigenvalue weighted by Crippen LogP contribution is 2.58. The molecule has 0 unspecified atom stereocenters. The molecule has 0 radical (unpaired) electrons. The van der Waals surface area contributed by atoms with Gasteiger partial charge in [0.15, 0.2) is 0 Å². The first-order valence-corrected chi connectivity index (χ1v) is 12.7. The van der Waals surface area contributed by atoms with Crippen molar-refractivity contribution in [2.75, 3.05) is 6.61 Å². The number of esters is 1. The van der Waals surface area contributed by atoms with Gasteiger partial charge in [-0.3, -0.25) is 0 Å². The third-order valence-electron chi connectivity index (χ3n) is 5.59. The van der Waals surface area contributed by atoms with Gasteiger partial charge in [0.05, 0.1) is 12.2 Å². The van der Waals surface area contributed by atoms with Crippen molar-refractivity contribution < 1.29 is 31.6 Å². The molecule has 5 heteroatoms. The van der Waals surface area contributed by atoms with E-state index >= 15 is 0 Å². The molecule has 3 nitrogen and oxygen atoms in total. The molecule has 33 heavy (non-hydrogen) atoms. The zero-order valence-electron chi connectivity index (χ0n) is 18.4. The Hall–Kier alpha value is -2.94. The van der Waals surface area contributed by atoms with Gasteiger partial charge in [-0.2, -0.15) is 0 Å². The molecule has 0 bridgehead atoms. The smallest absolute Gasteiger partial charge is 0.338 e. The molecule has 0 spiro atoms. The van der Waals surface area contributed by atoms with Gasteiger partial charge in [0.2, 0.25) is 0 Å². The number of carbonyl (C=O) groups is 1. The molecule has 0 aliphatic carbocycles. The van der Waals surface area contributed by atoms with Crippen LogP contribution in [0.25, 0.3) is 0 Å². The Kier molecular flexibility index (Phi) is 8.43. The monoisotopic (exact) mass is 520 g/mol. The summed E-state index contributed by atoms with van der Waals surface area (Å²) in [4.78, 5) is 12.4. The molecule has 4 aromatic carbocycles. The Morgan fingerprint density at radius 1 is 0.758 bits per heavy atom. The number of phenols is 1. The first kappa shape index (κ1) is 24.7. The first-order valence-electron chi connectivity index (χ1n) is 10.7. The first-order chi connectivity index (χ1) is 15.6. The fourth-order valence-corrected chi connectivity index (χ4v) is 8.33. The average molecular weight is 521 g/mol. The number of hydrogen-bond acceptors (Lipinski definition) is 3. The zero-order chi connectivity index (χ0) is 22.4. The largest absolute Gasteiger partial charge is 1.00 e. The molecule has 4 aromatic rings. The van der Waals surface area contributed by atoms with Gasteiger partial charge in [0.25, 0.3) is 0 Å². The summed E-state index contributed by atoms with van der Waals surface area (Å²) in [5, 5.41) is 14.5. The van der Waals surface area contributed by atoms with Crippen LogP contribution in [0.2, 0.25) is 0 Å². The molecular formula is C28H26BrO3P. The number of rotatable bonds is 7. The van der Waals surface area contributed by atoms with Crippen LogP contribution >= 0.6 is 7.26 Å². The second-order valence-corrected chi connectivity index (χ2v) is 11.0. The lowest BCUT2D eigenvalue weighted by Crippen LogP contribution is -3.00. The SMILES string of the molecule is CCOC(=O)c1ccc(O)c(C[P+](c2ccccc2)(c2ccccc2)c2ccccc2)c1.[Br-]. The van der Waals surface area contributed by atoms with E-state index in [1.807, 2.05) is 18.2 Å². The molecule has 0 fully saturated rings. The average Bonchev–Trinajstić information content (AvgIpc) is 2.85. The van der Waals surface area contributed by atoms with Gasteiger partial charge in [0.1, 0.15) is 35.1 Å². The molecule has 0 amide bonds. The molecule has 168 valence electrons. The summed E-state index contributed by atoms with van der Waals surface area (Å²) >= 11 is 0. The Balaban J connectivity index is 0.00000306. The molecule has 1 N–H and O–H groups in total. The van der Waals surface area contributed by atoms with Crippen LogP contribution in [-0.4, -0.2) is 17.7 Å². The van der Waals surface area contributed by atoms with Gasteiger partial charge in [-0.05, 0) is 61.5 Å². The van der Waals surface area contributed by atoms with Crippen molar-refractivity contribution >= 4 is 29.1 Å². The van der Waals surface area contributed by atoms with Crippen LogP contribution < -0.4 is 32.9 Å². The maximum absolute atomic E-state index is 12.4. The van der Waals surface area contributed by atoms with E-state index in [-0.39, 0.29) is 28.7 Å². The Morgan fingerprint density at radius 3 is 1.64 bits per heavy atom. The van der Waals surface area contributed by atoms with E-state index in [0.29, 0.717) is 18.3 Å². The predicted octanol–water partition coefficient (Wildman–Crippen LogP) is 2.07. The molecule has 0 aromatic heterocycles. The van der Waals surface area contributed by atoms with E-state index in [4.69, 9.17) is 4.74 Å². The van der Waals surface area contributed by atoms with Gasteiger partial charge in [0, 0.05) is 5.56 Å². The van der Waals surface area contributed by atoms with Crippen LogP contribution in [0.5, 0.6) is 5.75 Å². The van der Waals surface area contributed by atoms with Crippen molar-refractivity contribution in [3.05, 3.63) is 120 Å². The molecule has 0 atom stereocenters. The topological polar surface area (TPSA) is 46.5 Å². The summed E-state index contributed by atoms with van der Waals surface area (Å²) in [5.74, 6) is -0.193. The molecule has 0 heterocycles. The Labute approximate surface area is 206 Å². The van der Waals surface area contributed by atoms with Crippen molar-refractivity contribution in [1.82, 2.24) is 0 Å². The highest BCUT2D eigenvalue weighted by molar-refractivity contribution is 7.95. The predicted molar refractivity (Wildman–Crippen MR) is 133 cm³/mol. The molecule has 4 rings (SSSR count). The van der Waals surface area contributed by atoms with E-state index in [9.17, 15) is 9.90 Å². The number of carbonyl (C=O) groups excluding carboxylic acids is 1. The number of benzene rings is 4. The van der Waals surface area contributed by atoms with Crippen LogP contribution in [0.15, 0.2) is 109 Å². The second kappa shape index (κ2) is 11.3. The number of aromatic hydroxyl groups is 1. The van der Waals surface area contributed by atoms with Crippen molar-refractivity contribution in [3.63, 3.8) is 0 Å². The molecule has 0 saturated heterocycles. The lowest BCUT2D eigenvalue weighted by atomic mass is 10.1. The number of phenolic OH excluding ortho intramolecular Hbond substituents is 1. The van der Waals surface area contributed by atoms with E-state index in [0.717, 1.165) is 5.56 Å². The van der Waals surface area contributed by atoms with E-state index in [1.54, 1.807) is 25.1 Å². The third kappa shape index (κ3) is 5.19. The Morgan fingerprint density at radius 2 is 1.21 bits per heavy atom. The van der Waals surface area contributed by atoms with Crippen molar-refractivity contribution in [3.8, 4) is 5.75 Å². The minimum absolute atomic E-state index is 0. The lowest BCUT2D eigenvalue weighted by Gasteiger charge is -2.28. The van der Waals surface area contributed by atoms with Gasteiger partial charge in [-0.25, -0.2) is 4.79 Å². The standard InChI is InChI=1S/C28H25O3P.BrH/c1-2-31-28(30)22-18-19-27(29)23(20-22)21-32(24-12-6-3-7-13-24,25-14-8-4-9-15-25)26-16-10-5-11-17-26;/h3-20H,2,21H2,1H3;1H. The van der Waals surface area contributed by atoms with Crippen LogP contribution in [-0.2, 0) is 10.9 Å². The van der Waals surface area contributed by atoms with Gasteiger partial charge >= 0.3 is 5.97 Å². The van der Waals surface area contributed by atoms with Crippen LogP contribution in [0.3, 0.4) is 0 Å². The van der Waals surface area contributed by atoms with E-state index in [2.05, 4.69) is 72.8 Å². The van der Waals surface area contributed by atoms with Crippen molar-refractivity contribution in [1.29, 1.82) is 0 Å². The maximum atomic E-state index is 12.4. The molecular weight excluding hydrogens is 495 g/mol. The summed E-state index contributed by atoms with van der Waals surface area (Å²) in [6.07, 6.45) is 0.587. The molecule has 0 aliphatic rings. The fourth-order valence-electron chi connectivity index (χ4n) is 4.08. The highest BCUT2D eigenvalue weighted by atomic mass is 79.9. The summed E-state index contributed by atoms with van der Waals surface area (Å²) in [7, 11) is -2.18. The quantitative estimate of drug-likeness (QED) is 0.299. The maximum Gasteiger partial charge on any atom is 0.338 e. The molecule has 0 saturated carbocycles. The Bertz CT molecular complexity index is 1090. The van der Waals surface area contributed by atoms with E-state index in [1.165, 1.54) is 15.9 Å². The number of ether oxygens (including phenoxy) is 1. The highest BCUT2D eigenvalue weighted by Gasteiger charge is 2.46. The van der Waals surface area contributed by atoms with Crippen LogP contribution in [0.4, 0.5) is 0 Å². The van der Waals surface area contributed by atoms with Crippen molar-refractivity contribution in [2.45, 2.75) is 13.1 Å². The van der Waals surface area contributed by atoms with Gasteiger partial charge in [-0.1, -0.05) is 54.6 Å². The van der Waals surface area contributed by atoms with Crippen LogP contribution in [0, 0.1) is 0 Å². The number of hydrogen-bond donors (Lipinski definition) is 1. The normalized spacial score (nSPS) is 10.8. The van der Waals surface area contributed by atoms with Gasteiger partial charge < -0.3 is 26.8 Å².